The molecule has 1 aromatic heterocycles. The second kappa shape index (κ2) is 9.74. The maximum Gasteiger partial charge on any atom is 0.573 e. The van der Waals surface area contributed by atoms with Gasteiger partial charge in [0.2, 0.25) is 17.8 Å². The van der Waals surface area contributed by atoms with Crippen LogP contribution in [0.5, 0.6) is 5.75 Å². The summed E-state index contributed by atoms with van der Waals surface area (Å²) in [4.78, 5) is 17.3. The summed E-state index contributed by atoms with van der Waals surface area (Å²) in [5, 5.41) is 2.95. The molecule has 2 aliphatic heterocycles. The Bertz CT molecular complexity index is 929. The SMILES string of the molecule is N[C@@H]1C[C@H](N)CN(c2nc(Nc3cccc(OC(F)(F)F)c3)nc(N3C[C@H](N)C[C@H](N)C3)n2)C1. The zero-order valence-electron chi connectivity index (χ0n) is 18.4. The van der Waals surface area contributed by atoms with Gasteiger partial charge in [-0.25, -0.2) is 0 Å². The van der Waals surface area contributed by atoms with Crippen LogP contribution in [0.4, 0.5) is 36.7 Å². The molecule has 1 aromatic carbocycles. The zero-order chi connectivity index (χ0) is 24.5. The Labute approximate surface area is 194 Å². The molecular formula is C20H29F3N10O. The van der Waals surface area contributed by atoms with Crippen LogP contribution in [0.25, 0.3) is 0 Å². The van der Waals surface area contributed by atoms with E-state index < -0.39 is 6.36 Å². The number of hydrogen-bond acceptors (Lipinski definition) is 11. The van der Waals surface area contributed by atoms with Crippen molar-refractivity contribution in [2.75, 3.05) is 41.3 Å². The number of anilines is 4. The highest BCUT2D eigenvalue weighted by molar-refractivity contribution is 5.58. The first-order valence-electron chi connectivity index (χ1n) is 10.9. The number of piperidine rings is 2. The van der Waals surface area contributed by atoms with Gasteiger partial charge < -0.3 is 42.8 Å². The maximum absolute atomic E-state index is 12.6. The molecule has 2 saturated heterocycles. The van der Waals surface area contributed by atoms with Crippen molar-refractivity contribution < 1.29 is 17.9 Å². The molecule has 186 valence electrons. The molecule has 0 aliphatic carbocycles. The van der Waals surface area contributed by atoms with Gasteiger partial charge in [0.25, 0.3) is 0 Å². The molecule has 4 rings (SSSR count). The van der Waals surface area contributed by atoms with Crippen LogP contribution in [0.3, 0.4) is 0 Å². The molecule has 2 aliphatic rings. The number of ether oxygens (including phenoxy) is 1. The highest BCUT2D eigenvalue weighted by atomic mass is 19.4. The minimum absolute atomic E-state index is 0.143. The summed E-state index contributed by atoms with van der Waals surface area (Å²) in [5.41, 5.74) is 24.9. The maximum atomic E-state index is 12.6. The number of hydrogen-bond donors (Lipinski definition) is 5. The lowest BCUT2D eigenvalue weighted by Gasteiger charge is -2.37. The molecule has 4 atom stereocenters. The molecule has 0 unspecified atom stereocenters. The topological polar surface area (TPSA) is 170 Å². The highest BCUT2D eigenvalue weighted by Gasteiger charge is 2.31. The molecule has 0 bridgehead atoms. The third-order valence-electron chi connectivity index (χ3n) is 5.53. The van der Waals surface area contributed by atoms with Crippen LogP contribution in [-0.2, 0) is 0 Å². The average molecular weight is 483 g/mol. The quantitative estimate of drug-likeness (QED) is 0.395. The molecule has 14 heteroatoms. The number of benzene rings is 1. The predicted octanol–water partition coefficient (Wildman–Crippen LogP) is 0.243. The number of alkyl halides is 3. The van der Waals surface area contributed by atoms with E-state index in [2.05, 4.69) is 25.0 Å². The fourth-order valence-corrected chi connectivity index (χ4v) is 4.28. The number of aromatic nitrogens is 3. The molecule has 2 aromatic rings. The van der Waals surface area contributed by atoms with Crippen LogP contribution in [0, 0.1) is 0 Å². The Balaban J connectivity index is 1.65. The first-order valence-corrected chi connectivity index (χ1v) is 10.9. The lowest BCUT2D eigenvalue weighted by atomic mass is 10.0. The Hall–Kier alpha value is -2.94. The number of nitrogens with zero attached hydrogens (tertiary/aromatic N) is 5. The molecule has 11 nitrogen and oxygen atoms in total. The molecule has 0 radical (unpaired) electrons. The largest absolute Gasteiger partial charge is 0.573 e. The first-order chi connectivity index (χ1) is 16.0. The minimum Gasteiger partial charge on any atom is -0.406 e. The van der Waals surface area contributed by atoms with Crippen LogP contribution in [0.1, 0.15) is 12.8 Å². The van der Waals surface area contributed by atoms with Gasteiger partial charge in [0.05, 0.1) is 0 Å². The summed E-state index contributed by atoms with van der Waals surface area (Å²) in [5.74, 6) is 0.486. The predicted molar refractivity (Wildman–Crippen MR) is 122 cm³/mol. The highest BCUT2D eigenvalue weighted by Crippen LogP contribution is 2.27. The van der Waals surface area contributed by atoms with Gasteiger partial charge in [-0.05, 0) is 25.0 Å². The molecule has 9 N–H and O–H groups in total. The van der Waals surface area contributed by atoms with Gasteiger partial charge in [0, 0.05) is 62.1 Å². The van der Waals surface area contributed by atoms with Crippen molar-refractivity contribution in [3.8, 4) is 5.75 Å². The van der Waals surface area contributed by atoms with Crippen LogP contribution in [0.15, 0.2) is 24.3 Å². The van der Waals surface area contributed by atoms with Crippen LogP contribution >= 0.6 is 0 Å². The van der Waals surface area contributed by atoms with Gasteiger partial charge in [0.15, 0.2) is 0 Å². The van der Waals surface area contributed by atoms with Crippen molar-refractivity contribution in [1.29, 1.82) is 0 Å². The molecular weight excluding hydrogens is 453 g/mol. The van der Waals surface area contributed by atoms with Crippen LogP contribution in [-0.4, -0.2) is 71.7 Å². The van der Waals surface area contributed by atoms with E-state index >= 15 is 0 Å². The number of halogens is 3. The summed E-state index contributed by atoms with van der Waals surface area (Å²) in [6.07, 6.45) is -3.44. The van der Waals surface area contributed by atoms with Crippen molar-refractivity contribution in [3.63, 3.8) is 0 Å². The lowest BCUT2D eigenvalue weighted by Crippen LogP contribution is -2.54. The van der Waals surface area contributed by atoms with Gasteiger partial charge in [-0.3, -0.25) is 0 Å². The van der Waals surface area contributed by atoms with Crippen molar-refractivity contribution in [2.45, 2.75) is 43.4 Å². The van der Waals surface area contributed by atoms with Gasteiger partial charge in [-0.15, -0.1) is 13.2 Å². The van der Waals surface area contributed by atoms with Crippen LogP contribution in [0.2, 0.25) is 0 Å². The lowest BCUT2D eigenvalue weighted by molar-refractivity contribution is -0.274. The molecule has 34 heavy (non-hydrogen) atoms. The normalized spacial score (nSPS) is 25.9. The standard InChI is InChI=1S/C20H29F3N10O/c21-20(22,23)34-16-3-1-2-15(6-16)28-17-29-18(32-7-11(24)4-12(25)8-32)31-19(30-17)33-9-13(26)5-14(27)10-33/h1-3,6,11-14H,4-5,7-10,24-27H2,(H,28,29,30,31)/t11-,12+,13-,14+. The van der Waals surface area contributed by atoms with E-state index in [0.29, 0.717) is 56.6 Å². The average Bonchev–Trinajstić information content (AvgIpc) is 2.71. The third-order valence-corrected chi connectivity index (χ3v) is 5.53. The van der Waals surface area contributed by atoms with Gasteiger partial charge >= 0.3 is 6.36 Å². The fraction of sp³-hybridized carbons (Fsp3) is 0.550. The zero-order valence-corrected chi connectivity index (χ0v) is 18.4. The summed E-state index contributed by atoms with van der Waals surface area (Å²) in [6, 6.07) is 4.83. The van der Waals surface area contributed by atoms with E-state index in [-0.39, 0.29) is 35.9 Å². The number of rotatable bonds is 5. The van der Waals surface area contributed by atoms with Gasteiger partial charge in [0.1, 0.15) is 5.75 Å². The fourth-order valence-electron chi connectivity index (χ4n) is 4.28. The van der Waals surface area contributed by atoms with E-state index in [1.54, 1.807) is 6.07 Å². The molecule has 0 saturated carbocycles. The second-order valence-corrected chi connectivity index (χ2v) is 8.78. The smallest absolute Gasteiger partial charge is 0.406 e. The van der Waals surface area contributed by atoms with E-state index in [1.807, 2.05) is 9.80 Å². The minimum atomic E-state index is -4.80. The number of nitrogens with one attached hydrogen (secondary N) is 1. The van der Waals surface area contributed by atoms with Gasteiger partial charge in [-0.2, -0.15) is 15.0 Å². The van der Waals surface area contributed by atoms with Crippen molar-refractivity contribution in [2.24, 2.45) is 22.9 Å². The Morgan fingerprint density at radius 3 is 1.79 bits per heavy atom. The van der Waals surface area contributed by atoms with Crippen molar-refractivity contribution in [1.82, 2.24) is 15.0 Å². The third kappa shape index (κ3) is 6.34. The Morgan fingerprint density at radius 1 is 0.824 bits per heavy atom. The van der Waals surface area contributed by atoms with E-state index in [1.165, 1.54) is 18.2 Å². The van der Waals surface area contributed by atoms with Crippen molar-refractivity contribution >= 4 is 23.5 Å². The summed E-state index contributed by atoms with van der Waals surface area (Å²) in [6.45, 7) is 2.02. The van der Waals surface area contributed by atoms with Crippen molar-refractivity contribution in [3.05, 3.63) is 24.3 Å². The monoisotopic (exact) mass is 482 g/mol. The van der Waals surface area contributed by atoms with E-state index in [9.17, 15) is 13.2 Å². The Kier molecular flexibility index (Phi) is 6.93. The molecule has 2 fully saturated rings. The summed E-state index contributed by atoms with van der Waals surface area (Å²) in [7, 11) is 0. The molecule has 0 spiro atoms. The van der Waals surface area contributed by atoms with E-state index in [0.717, 1.165) is 0 Å². The first kappa shape index (κ1) is 24.2. The van der Waals surface area contributed by atoms with Gasteiger partial charge in [-0.1, -0.05) is 6.07 Å². The van der Waals surface area contributed by atoms with E-state index in [4.69, 9.17) is 22.9 Å². The summed E-state index contributed by atoms with van der Waals surface area (Å²) >= 11 is 0. The summed E-state index contributed by atoms with van der Waals surface area (Å²) < 4.78 is 41.8. The second-order valence-electron chi connectivity index (χ2n) is 8.78. The molecule has 3 heterocycles. The Morgan fingerprint density at radius 2 is 1.32 bits per heavy atom. The molecule has 0 amide bonds. The number of nitrogens with two attached hydrogens (primary N) is 4. The van der Waals surface area contributed by atoms with Crippen LogP contribution < -0.4 is 42.8 Å².